The third kappa shape index (κ3) is 5.80. The molecule has 0 aliphatic rings. The molecule has 0 saturated carbocycles. The summed E-state index contributed by atoms with van der Waals surface area (Å²) in [5, 5.41) is 3.46. The van der Waals surface area contributed by atoms with Gasteiger partial charge < -0.3 is 10.1 Å². The Labute approximate surface area is 141 Å². The fraction of sp³-hybridized carbons (Fsp3) is 0.211. The van der Waals surface area contributed by atoms with Gasteiger partial charge >= 0.3 is 0 Å². The van der Waals surface area contributed by atoms with Crippen LogP contribution in [0.2, 0.25) is 5.02 Å². The van der Waals surface area contributed by atoms with Crippen LogP contribution in [0.5, 0.6) is 5.75 Å². The van der Waals surface area contributed by atoms with Crippen molar-refractivity contribution in [2.24, 2.45) is 0 Å². The highest BCUT2D eigenvalue weighted by Crippen LogP contribution is 2.16. The molecule has 23 heavy (non-hydrogen) atoms. The van der Waals surface area contributed by atoms with E-state index < -0.39 is 0 Å². The van der Waals surface area contributed by atoms with E-state index in [4.69, 9.17) is 16.3 Å². The first-order chi connectivity index (χ1) is 11.0. The summed E-state index contributed by atoms with van der Waals surface area (Å²) in [6, 6.07) is 15.1. The number of benzene rings is 2. The summed E-state index contributed by atoms with van der Waals surface area (Å²) in [5.41, 5.74) is 1.80. The van der Waals surface area contributed by atoms with Crippen LogP contribution in [0.15, 0.2) is 54.6 Å². The Morgan fingerprint density at radius 2 is 2.00 bits per heavy atom. The van der Waals surface area contributed by atoms with Crippen molar-refractivity contribution in [3.05, 3.63) is 70.8 Å². The van der Waals surface area contributed by atoms with Crippen LogP contribution in [-0.4, -0.2) is 12.0 Å². The molecular weight excluding hydrogens is 310 g/mol. The Morgan fingerprint density at radius 3 is 2.74 bits per heavy atom. The van der Waals surface area contributed by atoms with Crippen molar-refractivity contribution >= 4 is 23.6 Å². The van der Waals surface area contributed by atoms with Crippen molar-refractivity contribution in [2.45, 2.75) is 26.5 Å². The topological polar surface area (TPSA) is 38.3 Å². The molecule has 1 amide bonds. The minimum absolute atomic E-state index is 0.119. The van der Waals surface area contributed by atoms with Crippen LogP contribution in [0, 0.1) is 0 Å². The molecule has 0 saturated heterocycles. The fourth-order valence-corrected chi connectivity index (χ4v) is 2.22. The second kappa shape index (κ2) is 8.39. The second-order valence-electron chi connectivity index (χ2n) is 5.38. The van der Waals surface area contributed by atoms with E-state index in [0.29, 0.717) is 11.6 Å². The van der Waals surface area contributed by atoms with Crippen LogP contribution in [0.1, 0.15) is 25.0 Å². The Balaban J connectivity index is 1.92. The monoisotopic (exact) mass is 329 g/mol. The van der Waals surface area contributed by atoms with E-state index in [1.54, 1.807) is 12.1 Å². The second-order valence-corrected chi connectivity index (χ2v) is 5.79. The van der Waals surface area contributed by atoms with E-state index in [2.05, 4.69) is 5.32 Å². The van der Waals surface area contributed by atoms with Crippen molar-refractivity contribution in [2.75, 3.05) is 0 Å². The quantitative estimate of drug-likeness (QED) is 0.795. The highest BCUT2D eigenvalue weighted by Gasteiger charge is 2.01. The molecule has 120 valence electrons. The molecular formula is C19H20ClNO2. The Hall–Kier alpha value is -2.26. The molecule has 0 atom stereocenters. The van der Waals surface area contributed by atoms with Gasteiger partial charge in [0.05, 0.1) is 6.10 Å². The predicted molar refractivity (Wildman–Crippen MR) is 94.5 cm³/mol. The van der Waals surface area contributed by atoms with Gasteiger partial charge in [0.2, 0.25) is 5.91 Å². The van der Waals surface area contributed by atoms with Gasteiger partial charge in [0.1, 0.15) is 5.75 Å². The summed E-state index contributed by atoms with van der Waals surface area (Å²) < 4.78 is 5.63. The standard InChI is InChI=1S/C19H20ClNO2/c1-14(2)23-17-8-5-6-15(12-17)10-11-19(22)21-13-16-7-3-4-9-18(16)20/h3-12,14H,13H2,1-2H3,(H,21,22)/b11-10+. The van der Waals surface area contributed by atoms with Crippen LogP contribution in [0.4, 0.5) is 0 Å². The smallest absolute Gasteiger partial charge is 0.244 e. The third-order valence-corrected chi connectivity index (χ3v) is 3.44. The molecule has 0 heterocycles. The van der Waals surface area contributed by atoms with E-state index in [0.717, 1.165) is 16.9 Å². The average Bonchev–Trinajstić information content (AvgIpc) is 2.52. The van der Waals surface area contributed by atoms with E-state index in [1.165, 1.54) is 6.08 Å². The molecule has 0 aliphatic carbocycles. The van der Waals surface area contributed by atoms with E-state index >= 15 is 0 Å². The summed E-state index contributed by atoms with van der Waals surface area (Å²) in [4.78, 5) is 11.9. The Morgan fingerprint density at radius 1 is 1.22 bits per heavy atom. The summed E-state index contributed by atoms with van der Waals surface area (Å²) >= 11 is 6.06. The minimum atomic E-state index is -0.167. The lowest BCUT2D eigenvalue weighted by Crippen LogP contribution is -2.20. The maximum atomic E-state index is 11.9. The number of hydrogen-bond acceptors (Lipinski definition) is 2. The molecule has 4 heteroatoms. The Kier molecular flexibility index (Phi) is 6.24. The number of hydrogen-bond donors (Lipinski definition) is 1. The maximum absolute atomic E-state index is 11.9. The number of carbonyl (C=O) groups is 1. The van der Waals surface area contributed by atoms with Crippen molar-refractivity contribution in [3.8, 4) is 5.75 Å². The number of nitrogens with one attached hydrogen (secondary N) is 1. The predicted octanol–water partition coefficient (Wildman–Crippen LogP) is 4.46. The SMILES string of the molecule is CC(C)Oc1cccc(/C=C/C(=O)NCc2ccccc2Cl)c1. The first-order valence-corrected chi connectivity index (χ1v) is 7.88. The maximum Gasteiger partial charge on any atom is 0.244 e. The zero-order valence-electron chi connectivity index (χ0n) is 13.3. The van der Waals surface area contributed by atoms with Crippen molar-refractivity contribution in [3.63, 3.8) is 0 Å². The average molecular weight is 330 g/mol. The molecule has 2 aromatic rings. The summed E-state index contributed by atoms with van der Waals surface area (Å²) in [6.45, 7) is 4.36. The summed E-state index contributed by atoms with van der Waals surface area (Å²) in [7, 11) is 0. The normalized spacial score (nSPS) is 11.0. The van der Waals surface area contributed by atoms with Crippen LogP contribution in [0.25, 0.3) is 6.08 Å². The number of ether oxygens (including phenoxy) is 1. The lowest BCUT2D eigenvalue weighted by Gasteiger charge is -2.09. The van der Waals surface area contributed by atoms with Crippen molar-refractivity contribution in [1.82, 2.24) is 5.32 Å². The van der Waals surface area contributed by atoms with Crippen LogP contribution >= 0.6 is 11.6 Å². The van der Waals surface area contributed by atoms with Crippen LogP contribution in [-0.2, 0) is 11.3 Å². The first kappa shape index (κ1) is 17.1. The fourth-order valence-electron chi connectivity index (χ4n) is 2.02. The van der Waals surface area contributed by atoms with Crippen LogP contribution in [0.3, 0.4) is 0 Å². The van der Waals surface area contributed by atoms with Gasteiger partial charge in [-0.3, -0.25) is 4.79 Å². The summed E-state index contributed by atoms with van der Waals surface area (Å²) in [5.74, 6) is 0.624. The van der Waals surface area contributed by atoms with Gasteiger partial charge in [-0.2, -0.15) is 0 Å². The van der Waals surface area contributed by atoms with Gasteiger partial charge in [0, 0.05) is 17.6 Å². The molecule has 0 aliphatic heterocycles. The molecule has 0 fully saturated rings. The largest absolute Gasteiger partial charge is 0.491 e. The highest BCUT2D eigenvalue weighted by molar-refractivity contribution is 6.31. The van der Waals surface area contributed by atoms with Crippen molar-refractivity contribution < 1.29 is 9.53 Å². The van der Waals surface area contributed by atoms with Gasteiger partial charge in [-0.25, -0.2) is 0 Å². The number of amides is 1. The van der Waals surface area contributed by atoms with Gasteiger partial charge in [0.15, 0.2) is 0 Å². The molecule has 0 bridgehead atoms. The molecule has 2 rings (SSSR count). The molecule has 1 N–H and O–H groups in total. The van der Waals surface area contributed by atoms with Crippen LogP contribution < -0.4 is 10.1 Å². The van der Waals surface area contributed by atoms with E-state index in [9.17, 15) is 4.79 Å². The molecule has 0 spiro atoms. The molecule has 0 aromatic heterocycles. The molecule has 0 radical (unpaired) electrons. The molecule has 3 nitrogen and oxygen atoms in total. The lowest BCUT2D eigenvalue weighted by molar-refractivity contribution is -0.116. The zero-order valence-corrected chi connectivity index (χ0v) is 14.0. The van der Waals surface area contributed by atoms with E-state index in [1.807, 2.05) is 56.3 Å². The number of carbonyl (C=O) groups excluding carboxylic acids is 1. The molecule has 0 unspecified atom stereocenters. The Bertz CT molecular complexity index is 695. The van der Waals surface area contributed by atoms with Crippen molar-refractivity contribution in [1.29, 1.82) is 0 Å². The highest BCUT2D eigenvalue weighted by atomic mass is 35.5. The lowest BCUT2D eigenvalue weighted by atomic mass is 10.2. The van der Waals surface area contributed by atoms with Gasteiger partial charge in [-0.05, 0) is 49.2 Å². The third-order valence-electron chi connectivity index (χ3n) is 3.07. The molecule has 2 aromatic carbocycles. The first-order valence-electron chi connectivity index (χ1n) is 7.50. The van der Waals surface area contributed by atoms with Gasteiger partial charge in [-0.15, -0.1) is 0 Å². The van der Waals surface area contributed by atoms with Gasteiger partial charge in [-0.1, -0.05) is 41.9 Å². The zero-order chi connectivity index (χ0) is 16.7. The summed E-state index contributed by atoms with van der Waals surface area (Å²) in [6.07, 6.45) is 3.38. The van der Waals surface area contributed by atoms with Gasteiger partial charge in [0.25, 0.3) is 0 Å². The number of rotatable bonds is 6. The minimum Gasteiger partial charge on any atom is -0.491 e. The van der Waals surface area contributed by atoms with E-state index in [-0.39, 0.29) is 12.0 Å². The number of halogens is 1.